The number of ether oxygens (including phenoxy) is 2. The number of nitrogens with zero attached hydrogens (tertiary/aromatic N) is 4. The second-order valence-corrected chi connectivity index (χ2v) is 8.66. The summed E-state index contributed by atoms with van der Waals surface area (Å²) in [5, 5.41) is 12.9. The van der Waals surface area contributed by atoms with Crippen LogP contribution in [0, 0.1) is 59.6 Å². The normalized spacial score (nSPS) is 22.3. The van der Waals surface area contributed by atoms with Crippen LogP contribution in [0.25, 0.3) is 11.4 Å². The molecule has 1 aliphatic heterocycles. The first-order chi connectivity index (χ1) is 15.1. The van der Waals surface area contributed by atoms with Gasteiger partial charge in [0.15, 0.2) is 5.82 Å². The third kappa shape index (κ3) is 6.19. The van der Waals surface area contributed by atoms with E-state index in [0.29, 0.717) is 49.5 Å². The summed E-state index contributed by atoms with van der Waals surface area (Å²) in [4.78, 5) is 12.8. The fourth-order valence-corrected chi connectivity index (χ4v) is 4.11. The number of halogens is 1. The van der Waals surface area contributed by atoms with Crippen LogP contribution in [0.5, 0.6) is 5.75 Å². The Morgan fingerprint density at radius 3 is 2.72 bits per heavy atom. The van der Waals surface area contributed by atoms with Crippen LogP contribution >= 0.6 is 0 Å². The molecule has 1 aliphatic carbocycles. The van der Waals surface area contributed by atoms with E-state index in [1.54, 1.807) is 18.3 Å². The van der Waals surface area contributed by atoms with Gasteiger partial charge in [0, 0.05) is 62.6 Å². The van der Waals surface area contributed by atoms with Gasteiger partial charge in [-0.25, -0.2) is 14.4 Å². The maximum Gasteiger partial charge on any atom is 0.223 e. The summed E-state index contributed by atoms with van der Waals surface area (Å²) >= 11 is 0. The summed E-state index contributed by atoms with van der Waals surface area (Å²) in [5.41, 5.74) is -0.0555. The van der Waals surface area contributed by atoms with E-state index in [1.807, 2.05) is 0 Å². The summed E-state index contributed by atoms with van der Waals surface area (Å²) in [6.45, 7) is 3.64. The van der Waals surface area contributed by atoms with Crippen molar-refractivity contribution in [1.29, 1.82) is 5.26 Å². The third-order valence-electron chi connectivity index (χ3n) is 6.27. The average molecular weight is 664 g/mol. The Kier molecular flexibility index (Phi) is 8.88. The Hall–Kier alpha value is -1.74. The molecular weight excluding hydrogens is 635 g/mol. The molecular formula is C23H28FN5O2U. The predicted molar refractivity (Wildman–Crippen MR) is 114 cm³/mol. The summed E-state index contributed by atoms with van der Waals surface area (Å²) < 4.78 is 25.8. The topological polar surface area (TPSA) is 93.0 Å². The number of nitriles is 1. The molecule has 0 amide bonds. The van der Waals surface area contributed by atoms with Crippen LogP contribution in [0.4, 0.5) is 10.3 Å². The van der Waals surface area contributed by atoms with Crippen molar-refractivity contribution in [2.24, 2.45) is 11.3 Å². The molecule has 0 unspecified atom stereocenters. The maximum absolute atomic E-state index is 14.5. The standard InChI is InChI=1S/C23H28FN5O2.U/c1-16-2-4-17(5-3-16)28-22-27-13-19(24)21(29-22)20-12-18(6-9-26-20)31-15-23(14-25)7-10-30-11-8-23;/h6,9,12-13,16-17H,2-5,7-8,10-11,15H2,1H3,(H,27,28,29);. The first-order valence-corrected chi connectivity index (χ1v) is 10.9. The average Bonchev–Trinajstić information content (AvgIpc) is 2.81. The number of hydrogen-bond acceptors (Lipinski definition) is 7. The molecule has 2 fully saturated rings. The summed E-state index contributed by atoms with van der Waals surface area (Å²) in [6.07, 6.45) is 8.47. The maximum atomic E-state index is 14.5. The molecule has 4 rings (SSSR count). The summed E-state index contributed by atoms with van der Waals surface area (Å²) in [7, 11) is 0. The van der Waals surface area contributed by atoms with Gasteiger partial charge in [0.25, 0.3) is 0 Å². The van der Waals surface area contributed by atoms with E-state index in [1.165, 1.54) is 19.0 Å². The molecule has 9 heteroatoms. The van der Waals surface area contributed by atoms with Crippen molar-refractivity contribution in [3.05, 3.63) is 30.3 Å². The van der Waals surface area contributed by atoms with Gasteiger partial charge in [0.1, 0.15) is 18.1 Å². The Morgan fingerprint density at radius 1 is 1.25 bits per heavy atom. The summed E-state index contributed by atoms with van der Waals surface area (Å²) in [6, 6.07) is 6.05. The smallest absolute Gasteiger partial charge is 0.223 e. The number of rotatable bonds is 6. The zero-order valence-corrected chi connectivity index (χ0v) is 22.5. The predicted octanol–water partition coefficient (Wildman–Crippen LogP) is 4.37. The molecule has 1 saturated heterocycles. The molecule has 0 spiro atoms. The second kappa shape index (κ2) is 11.4. The molecule has 2 aromatic rings. The summed E-state index contributed by atoms with van der Waals surface area (Å²) in [5.74, 6) is 1.15. The number of hydrogen-bond donors (Lipinski definition) is 1. The molecule has 1 saturated carbocycles. The van der Waals surface area contributed by atoms with Crippen LogP contribution < -0.4 is 10.1 Å². The first-order valence-electron chi connectivity index (χ1n) is 10.9. The van der Waals surface area contributed by atoms with E-state index in [0.717, 1.165) is 18.8 Å². The molecule has 0 radical (unpaired) electrons. The first kappa shape index (κ1) is 24.9. The molecule has 32 heavy (non-hydrogen) atoms. The van der Waals surface area contributed by atoms with Crippen LogP contribution in [0.15, 0.2) is 24.5 Å². The Bertz CT molecular complexity index is 940. The van der Waals surface area contributed by atoms with Gasteiger partial charge in [-0.15, -0.1) is 0 Å². The van der Waals surface area contributed by atoms with Gasteiger partial charge in [0.05, 0.1) is 23.4 Å². The third-order valence-corrected chi connectivity index (χ3v) is 6.27. The number of anilines is 1. The molecule has 168 valence electrons. The molecule has 0 atom stereocenters. The zero-order valence-electron chi connectivity index (χ0n) is 18.3. The van der Waals surface area contributed by atoms with E-state index in [9.17, 15) is 9.65 Å². The van der Waals surface area contributed by atoms with Crippen LogP contribution in [0.3, 0.4) is 0 Å². The van der Waals surface area contributed by atoms with E-state index in [2.05, 4.69) is 33.3 Å². The monoisotopic (exact) mass is 663 g/mol. The van der Waals surface area contributed by atoms with Crippen molar-refractivity contribution in [2.75, 3.05) is 25.1 Å². The van der Waals surface area contributed by atoms with Crippen molar-refractivity contribution in [2.45, 2.75) is 51.5 Å². The van der Waals surface area contributed by atoms with Crippen LogP contribution in [0.2, 0.25) is 0 Å². The van der Waals surface area contributed by atoms with Crippen molar-refractivity contribution in [3.63, 3.8) is 0 Å². The van der Waals surface area contributed by atoms with E-state index >= 15 is 0 Å². The van der Waals surface area contributed by atoms with Gasteiger partial charge in [-0.2, -0.15) is 5.26 Å². The Balaban J connectivity index is 0.00000289. The van der Waals surface area contributed by atoms with Crippen LogP contribution in [0.1, 0.15) is 45.4 Å². The largest absolute Gasteiger partial charge is 0.492 e. The molecule has 2 aromatic heterocycles. The zero-order chi connectivity index (χ0) is 21.7. The Morgan fingerprint density at radius 2 is 2.00 bits per heavy atom. The van der Waals surface area contributed by atoms with Gasteiger partial charge >= 0.3 is 0 Å². The number of nitrogens with one attached hydrogen (secondary N) is 1. The van der Waals surface area contributed by atoms with E-state index in [-0.39, 0.29) is 43.4 Å². The number of aromatic nitrogens is 3. The molecule has 1 N–H and O–H groups in total. The van der Waals surface area contributed by atoms with Gasteiger partial charge in [-0.3, -0.25) is 4.98 Å². The second-order valence-electron chi connectivity index (χ2n) is 8.66. The van der Waals surface area contributed by atoms with Crippen molar-refractivity contribution in [3.8, 4) is 23.2 Å². The molecule has 2 aliphatic rings. The molecule has 0 bridgehead atoms. The van der Waals surface area contributed by atoms with Crippen LogP contribution in [-0.4, -0.2) is 40.8 Å². The van der Waals surface area contributed by atoms with Crippen molar-refractivity contribution in [1.82, 2.24) is 15.0 Å². The van der Waals surface area contributed by atoms with Crippen molar-refractivity contribution >= 4 is 5.95 Å². The minimum atomic E-state index is -0.559. The fraction of sp³-hybridized carbons (Fsp3) is 0.565. The van der Waals surface area contributed by atoms with Crippen LogP contribution in [-0.2, 0) is 4.74 Å². The SMILES string of the molecule is CC1CCC(Nc2ncc(F)c(-c3cc(OCC4(C#N)CCOCC4)ccn3)n2)CC1.[U]. The van der Waals surface area contributed by atoms with Gasteiger partial charge in [0.2, 0.25) is 5.95 Å². The molecule has 3 heterocycles. The molecule has 0 aromatic carbocycles. The van der Waals surface area contributed by atoms with E-state index in [4.69, 9.17) is 9.47 Å². The minimum absolute atomic E-state index is 0. The van der Waals surface area contributed by atoms with Gasteiger partial charge < -0.3 is 14.8 Å². The van der Waals surface area contributed by atoms with E-state index < -0.39 is 11.2 Å². The van der Waals surface area contributed by atoms with Gasteiger partial charge in [-0.05, 0) is 50.5 Å². The minimum Gasteiger partial charge on any atom is -0.492 e. The quantitative estimate of drug-likeness (QED) is 0.491. The van der Waals surface area contributed by atoms with Gasteiger partial charge in [-0.1, -0.05) is 6.92 Å². The van der Waals surface area contributed by atoms with Crippen molar-refractivity contribution < 1.29 is 45.0 Å². The Labute approximate surface area is 211 Å². The molecule has 7 nitrogen and oxygen atoms in total. The number of pyridine rings is 1. The fourth-order valence-electron chi connectivity index (χ4n) is 4.11.